The predicted molar refractivity (Wildman–Crippen MR) is 93.3 cm³/mol. The van der Waals surface area contributed by atoms with Crippen LogP contribution in [0, 0.1) is 11.5 Å². The lowest BCUT2D eigenvalue weighted by Gasteiger charge is -2.39. The first-order valence-electron chi connectivity index (χ1n) is 8.95. The molecule has 0 spiro atoms. The Kier molecular flexibility index (Phi) is 5.71. The van der Waals surface area contributed by atoms with Gasteiger partial charge >= 0.3 is 12.1 Å². The zero-order valence-electron chi connectivity index (χ0n) is 15.4. The SMILES string of the molecule is N#CN=C1CCCCN1C1=CC(CF)(CF)Oc2ccc(C(F)(F)C(F)(F)F)cc21. The number of nitrogens with zero attached hydrogens (tertiary/aromatic N) is 3. The molecule has 11 heteroatoms. The second-order valence-electron chi connectivity index (χ2n) is 6.98. The van der Waals surface area contributed by atoms with Crippen LogP contribution in [-0.4, -0.2) is 42.4 Å². The Morgan fingerprint density at radius 2 is 1.83 bits per heavy atom. The van der Waals surface area contributed by atoms with E-state index in [2.05, 4.69) is 4.99 Å². The van der Waals surface area contributed by atoms with Crippen LogP contribution in [0.25, 0.3) is 5.70 Å². The molecule has 0 saturated carbocycles. The van der Waals surface area contributed by atoms with Gasteiger partial charge in [-0.25, -0.2) is 8.78 Å². The molecule has 1 aromatic rings. The number of likely N-dealkylation sites (tertiary alicyclic amines) is 1. The maximum absolute atomic E-state index is 13.9. The van der Waals surface area contributed by atoms with Crippen LogP contribution in [0.15, 0.2) is 29.3 Å². The minimum atomic E-state index is -5.83. The second-order valence-corrected chi connectivity index (χ2v) is 6.98. The van der Waals surface area contributed by atoms with Crippen molar-refractivity contribution in [1.29, 1.82) is 5.26 Å². The molecule has 2 aliphatic rings. The largest absolute Gasteiger partial charge is 0.477 e. The lowest BCUT2D eigenvalue weighted by Crippen LogP contribution is -2.44. The van der Waals surface area contributed by atoms with Crippen LogP contribution in [0.4, 0.5) is 30.7 Å². The fourth-order valence-electron chi connectivity index (χ4n) is 3.39. The summed E-state index contributed by atoms with van der Waals surface area (Å²) in [5, 5.41) is 8.91. The predicted octanol–water partition coefficient (Wildman–Crippen LogP) is 5.12. The number of aliphatic imine (C=N–C) groups is 1. The van der Waals surface area contributed by atoms with Crippen molar-refractivity contribution in [1.82, 2.24) is 4.90 Å². The molecule has 0 amide bonds. The summed E-state index contributed by atoms with van der Waals surface area (Å²) in [4.78, 5) is 5.08. The molecule has 0 aromatic heterocycles. The number of halogens is 7. The summed E-state index contributed by atoms with van der Waals surface area (Å²) in [6.45, 7) is -2.36. The molecule has 1 fully saturated rings. The molecule has 1 saturated heterocycles. The van der Waals surface area contributed by atoms with Gasteiger partial charge in [0, 0.05) is 24.1 Å². The van der Waals surface area contributed by atoms with Gasteiger partial charge in [0.05, 0.1) is 5.70 Å². The fraction of sp³-hybridized carbons (Fsp3) is 0.474. The summed E-state index contributed by atoms with van der Waals surface area (Å²) < 4.78 is 98.9. The number of benzene rings is 1. The maximum atomic E-state index is 13.9. The van der Waals surface area contributed by atoms with Crippen molar-refractivity contribution in [3.8, 4) is 11.9 Å². The summed E-state index contributed by atoms with van der Waals surface area (Å²) in [6.07, 6.45) is -1.62. The smallest absolute Gasteiger partial charge is 0.458 e. The third-order valence-corrected chi connectivity index (χ3v) is 4.95. The Morgan fingerprint density at radius 3 is 2.43 bits per heavy atom. The molecule has 1 aromatic carbocycles. The number of hydrogen-bond acceptors (Lipinski definition) is 3. The van der Waals surface area contributed by atoms with E-state index in [9.17, 15) is 30.7 Å². The van der Waals surface area contributed by atoms with E-state index in [1.807, 2.05) is 0 Å². The van der Waals surface area contributed by atoms with Crippen molar-refractivity contribution in [2.75, 3.05) is 19.9 Å². The van der Waals surface area contributed by atoms with Crippen molar-refractivity contribution in [2.24, 2.45) is 4.99 Å². The average molecular weight is 435 g/mol. The summed E-state index contributed by atoms with van der Waals surface area (Å²) in [7, 11) is 0. The molecule has 0 unspecified atom stereocenters. The number of amidine groups is 1. The molecule has 0 atom stereocenters. The highest BCUT2D eigenvalue weighted by molar-refractivity contribution is 5.93. The Bertz CT molecular complexity index is 914. The normalized spacial score (nSPS) is 20.3. The zero-order chi connectivity index (χ0) is 22.2. The Morgan fingerprint density at radius 1 is 1.13 bits per heavy atom. The minimum absolute atomic E-state index is 0.0277. The van der Waals surface area contributed by atoms with Gasteiger partial charge in [0.1, 0.15) is 24.9 Å². The molecule has 3 rings (SSSR count). The van der Waals surface area contributed by atoms with E-state index in [-0.39, 0.29) is 29.4 Å². The van der Waals surface area contributed by atoms with Crippen LogP contribution in [0.1, 0.15) is 30.4 Å². The van der Waals surface area contributed by atoms with Crippen molar-refractivity contribution in [3.63, 3.8) is 0 Å². The van der Waals surface area contributed by atoms with E-state index >= 15 is 0 Å². The number of rotatable bonds is 4. The Balaban J connectivity index is 2.19. The van der Waals surface area contributed by atoms with E-state index in [0.29, 0.717) is 31.4 Å². The minimum Gasteiger partial charge on any atom is -0.477 e. The van der Waals surface area contributed by atoms with Gasteiger partial charge in [0.15, 0.2) is 5.60 Å². The Hall–Kier alpha value is -2.77. The van der Waals surface area contributed by atoms with Gasteiger partial charge in [-0.1, -0.05) is 0 Å². The number of piperidine rings is 1. The highest BCUT2D eigenvalue weighted by Gasteiger charge is 2.59. The van der Waals surface area contributed by atoms with E-state index < -0.39 is 36.6 Å². The van der Waals surface area contributed by atoms with Crippen LogP contribution >= 0.6 is 0 Å². The molecular formula is C19H16F7N3O. The van der Waals surface area contributed by atoms with Crippen molar-refractivity contribution in [3.05, 3.63) is 35.4 Å². The molecule has 4 nitrogen and oxygen atoms in total. The number of hydrogen-bond donors (Lipinski definition) is 0. The van der Waals surface area contributed by atoms with Gasteiger partial charge in [-0.15, -0.1) is 0 Å². The average Bonchev–Trinajstić information content (AvgIpc) is 2.72. The lowest BCUT2D eigenvalue weighted by atomic mass is 9.93. The van der Waals surface area contributed by atoms with Crippen LogP contribution in [0.5, 0.6) is 5.75 Å². The fourth-order valence-corrected chi connectivity index (χ4v) is 3.39. The highest BCUT2D eigenvalue weighted by atomic mass is 19.4. The molecule has 0 aliphatic carbocycles. The molecule has 0 radical (unpaired) electrons. The van der Waals surface area contributed by atoms with Gasteiger partial charge in [-0.05, 0) is 37.1 Å². The van der Waals surface area contributed by atoms with Gasteiger partial charge in [-0.2, -0.15) is 32.2 Å². The van der Waals surface area contributed by atoms with Crippen LogP contribution < -0.4 is 4.74 Å². The topological polar surface area (TPSA) is 48.6 Å². The van der Waals surface area contributed by atoms with Gasteiger partial charge in [0.25, 0.3) is 0 Å². The van der Waals surface area contributed by atoms with Gasteiger partial charge < -0.3 is 9.64 Å². The quantitative estimate of drug-likeness (QED) is 0.488. The first kappa shape index (κ1) is 21.9. The third-order valence-electron chi connectivity index (χ3n) is 4.95. The molecule has 2 aliphatic heterocycles. The number of nitriles is 1. The van der Waals surface area contributed by atoms with E-state index in [4.69, 9.17) is 10.00 Å². The monoisotopic (exact) mass is 435 g/mol. The Labute approximate surface area is 167 Å². The number of fused-ring (bicyclic) bond motifs is 1. The first-order valence-corrected chi connectivity index (χ1v) is 8.95. The summed E-state index contributed by atoms with van der Waals surface area (Å²) in [5.74, 6) is -5.17. The molecule has 0 N–H and O–H groups in total. The maximum Gasteiger partial charge on any atom is 0.458 e. The van der Waals surface area contributed by atoms with Gasteiger partial charge in [0.2, 0.25) is 6.19 Å². The van der Waals surface area contributed by atoms with E-state index in [1.165, 1.54) is 4.90 Å². The zero-order valence-corrected chi connectivity index (χ0v) is 15.4. The summed E-state index contributed by atoms with van der Waals surface area (Å²) in [5.41, 5.74) is -3.63. The molecular weight excluding hydrogens is 419 g/mol. The van der Waals surface area contributed by atoms with Crippen molar-refractivity contribution in [2.45, 2.75) is 37.0 Å². The van der Waals surface area contributed by atoms with E-state index in [1.54, 1.807) is 6.19 Å². The van der Waals surface area contributed by atoms with E-state index in [0.717, 1.165) is 12.1 Å². The highest BCUT2D eigenvalue weighted by Crippen LogP contribution is 2.47. The molecule has 30 heavy (non-hydrogen) atoms. The first-order chi connectivity index (χ1) is 14.1. The number of alkyl halides is 7. The lowest BCUT2D eigenvalue weighted by molar-refractivity contribution is -0.289. The molecule has 162 valence electrons. The van der Waals surface area contributed by atoms with Crippen LogP contribution in [0.3, 0.4) is 0 Å². The third kappa shape index (κ3) is 3.70. The number of ether oxygens (including phenoxy) is 1. The second kappa shape index (κ2) is 7.81. The van der Waals surface area contributed by atoms with Crippen molar-refractivity contribution >= 4 is 11.5 Å². The standard InChI is InChI=1S/C19H16F7N3O/c20-9-17(10-21)8-14(29-6-2-1-3-16(29)28-11-27)13-7-12(4-5-15(13)30-17)18(22,23)19(24,25)26/h4-5,7-8H,1-3,6,9-10H2. The summed E-state index contributed by atoms with van der Waals surface area (Å²) >= 11 is 0. The van der Waals surface area contributed by atoms with Crippen LogP contribution in [-0.2, 0) is 5.92 Å². The van der Waals surface area contributed by atoms with Crippen LogP contribution in [0.2, 0.25) is 0 Å². The summed E-state index contributed by atoms with van der Waals surface area (Å²) in [6, 6.07) is 1.94. The molecule has 0 bridgehead atoms. The molecule has 2 heterocycles. The van der Waals surface area contributed by atoms with Crippen molar-refractivity contribution < 1.29 is 35.5 Å². The van der Waals surface area contributed by atoms with Gasteiger partial charge in [-0.3, -0.25) is 0 Å².